The maximum atomic E-state index is 13.1. The summed E-state index contributed by atoms with van der Waals surface area (Å²) in [6.45, 7) is 0.625. The number of carboxylic acid groups (broad SMARTS) is 1. The van der Waals surface area contributed by atoms with Crippen LogP contribution >= 0.6 is 0 Å². The molecule has 1 saturated carbocycles. The fraction of sp³-hybridized carbons (Fsp3) is 0.500. The third kappa shape index (κ3) is 3.21. The molecule has 3 rings (SSSR count). The van der Waals surface area contributed by atoms with Gasteiger partial charge in [0.05, 0.1) is 0 Å². The lowest BCUT2D eigenvalue weighted by Gasteiger charge is -2.36. The van der Waals surface area contributed by atoms with Gasteiger partial charge in [-0.05, 0) is 37.0 Å². The molecule has 0 bridgehead atoms. The molecule has 6 heteroatoms. The van der Waals surface area contributed by atoms with E-state index in [4.69, 9.17) is 0 Å². The molecule has 0 unspecified atom stereocenters. The van der Waals surface area contributed by atoms with Gasteiger partial charge in [-0.2, -0.15) is 0 Å². The van der Waals surface area contributed by atoms with Crippen molar-refractivity contribution in [1.82, 2.24) is 10.2 Å². The first-order valence-corrected chi connectivity index (χ1v) is 7.58. The minimum atomic E-state index is -0.979. The summed E-state index contributed by atoms with van der Waals surface area (Å²) in [5, 5.41) is 12.2. The predicted molar refractivity (Wildman–Crippen MR) is 78.0 cm³/mol. The number of nitrogens with zero attached hydrogens (tertiary/aromatic N) is 1. The lowest BCUT2D eigenvalue weighted by Crippen LogP contribution is -2.47. The average molecular weight is 306 g/mol. The van der Waals surface area contributed by atoms with Gasteiger partial charge in [0, 0.05) is 31.0 Å². The first kappa shape index (κ1) is 14.8. The first-order chi connectivity index (χ1) is 10.5. The molecule has 1 saturated heterocycles. The molecule has 0 spiro atoms. The van der Waals surface area contributed by atoms with Crippen molar-refractivity contribution in [2.24, 2.45) is 5.92 Å². The lowest BCUT2D eigenvalue weighted by atomic mass is 9.80. The molecule has 2 atom stereocenters. The second-order valence-corrected chi connectivity index (χ2v) is 6.06. The number of halogens is 1. The zero-order valence-electron chi connectivity index (χ0n) is 12.2. The van der Waals surface area contributed by atoms with E-state index in [0.717, 1.165) is 18.4 Å². The van der Waals surface area contributed by atoms with Gasteiger partial charge < -0.3 is 15.3 Å². The molecular formula is C16H19FN2O3. The molecule has 1 heterocycles. The topological polar surface area (TPSA) is 69.6 Å². The van der Waals surface area contributed by atoms with Crippen LogP contribution in [0.15, 0.2) is 24.3 Å². The summed E-state index contributed by atoms with van der Waals surface area (Å²) in [4.78, 5) is 25.0. The molecule has 118 valence electrons. The van der Waals surface area contributed by atoms with Crippen LogP contribution in [0.1, 0.15) is 30.7 Å². The summed E-state index contributed by atoms with van der Waals surface area (Å²) in [5.74, 6) is -0.846. The van der Waals surface area contributed by atoms with Gasteiger partial charge in [0.25, 0.3) is 0 Å². The molecule has 2 aliphatic rings. The average Bonchev–Trinajstić information content (AvgIpc) is 3.31. The van der Waals surface area contributed by atoms with Gasteiger partial charge in [-0.1, -0.05) is 12.1 Å². The molecule has 2 fully saturated rings. The number of hydrogen-bond acceptors (Lipinski definition) is 2. The molecule has 1 aliphatic carbocycles. The van der Waals surface area contributed by atoms with E-state index in [1.165, 1.54) is 17.0 Å². The second kappa shape index (κ2) is 5.94. The highest BCUT2D eigenvalue weighted by molar-refractivity contribution is 5.81. The molecule has 0 aromatic heterocycles. The van der Waals surface area contributed by atoms with Crippen LogP contribution in [0.5, 0.6) is 0 Å². The summed E-state index contributed by atoms with van der Waals surface area (Å²) in [7, 11) is 0. The maximum absolute atomic E-state index is 13.1. The monoisotopic (exact) mass is 306 g/mol. The van der Waals surface area contributed by atoms with Gasteiger partial charge in [-0.3, -0.25) is 4.79 Å². The van der Waals surface area contributed by atoms with Crippen molar-refractivity contribution in [3.8, 4) is 0 Å². The van der Waals surface area contributed by atoms with Crippen LogP contribution in [0.25, 0.3) is 0 Å². The predicted octanol–water partition coefficient (Wildman–Crippen LogP) is 2.19. The van der Waals surface area contributed by atoms with Crippen LogP contribution in [0, 0.1) is 11.7 Å². The minimum Gasteiger partial charge on any atom is -0.465 e. The Morgan fingerprint density at radius 1 is 1.18 bits per heavy atom. The summed E-state index contributed by atoms with van der Waals surface area (Å²) >= 11 is 0. The highest BCUT2D eigenvalue weighted by atomic mass is 19.1. The van der Waals surface area contributed by atoms with Crippen LogP contribution in [-0.2, 0) is 4.79 Å². The first-order valence-electron chi connectivity index (χ1n) is 7.58. The Labute approximate surface area is 128 Å². The number of carbonyl (C=O) groups excluding carboxylic acids is 1. The van der Waals surface area contributed by atoms with Crippen molar-refractivity contribution in [3.05, 3.63) is 35.6 Å². The van der Waals surface area contributed by atoms with Crippen LogP contribution in [-0.4, -0.2) is 41.1 Å². The van der Waals surface area contributed by atoms with Gasteiger partial charge in [0.2, 0.25) is 5.91 Å². The molecule has 5 nitrogen and oxygen atoms in total. The van der Waals surface area contributed by atoms with Crippen molar-refractivity contribution in [1.29, 1.82) is 0 Å². The van der Waals surface area contributed by atoms with Crippen LogP contribution in [0.4, 0.5) is 9.18 Å². The Morgan fingerprint density at radius 2 is 1.86 bits per heavy atom. The van der Waals surface area contributed by atoms with Crippen LogP contribution in [0.2, 0.25) is 0 Å². The molecular weight excluding hydrogens is 287 g/mol. The van der Waals surface area contributed by atoms with Crippen molar-refractivity contribution in [2.45, 2.75) is 31.2 Å². The number of benzene rings is 1. The zero-order chi connectivity index (χ0) is 15.7. The maximum Gasteiger partial charge on any atom is 0.407 e. The summed E-state index contributed by atoms with van der Waals surface area (Å²) in [6.07, 6.45) is 1.54. The number of piperidine rings is 1. The summed E-state index contributed by atoms with van der Waals surface area (Å²) in [6, 6.07) is 6.26. The third-order valence-electron chi connectivity index (χ3n) is 4.44. The summed E-state index contributed by atoms with van der Waals surface area (Å²) < 4.78 is 13.1. The van der Waals surface area contributed by atoms with Crippen molar-refractivity contribution in [3.63, 3.8) is 0 Å². The number of amides is 2. The Morgan fingerprint density at radius 3 is 2.45 bits per heavy atom. The van der Waals surface area contributed by atoms with E-state index < -0.39 is 6.09 Å². The SMILES string of the molecule is O=C(NC1CC1)[C@H]1CCN(C(=O)O)C[C@H]1c1ccc(F)cc1. The van der Waals surface area contributed by atoms with Gasteiger partial charge in [-0.25, -0.2) is 9.18 Å². The molecule has 22 heavy (non-hydrogen) atoms. The van der Waals surface area contributed by atoms with Crippen molar-refractivity contribution < 1.29 is 19.1 Å². The second-order valence-electron chi connectivity index (χ2n) is 6.06. The molecule has 1 aromatic rings. The molecule has 1 aromatic carbocycles. The van der Waals surface area contributed by atoms with E-state index in [1.54, 1.807) is 12.1 Å². The number of carbonyl (C=O) groups is 2. The van der Waals surface area contributed by atoms with E-state index in [9.17, 15) is 19.1 Å². The Hall–Kier alpha value is -2.11. The largest absolute Gasteiger partial charge is 0.465 e. The summed E-state index contributed by atoms with van der Waals surface area (Å²) in [5.41, 5.74) is 0.809. The standard InChI is InChI=1S/C16H19FN2O3/c17-11-3-1-10(2-4-11)14-9-19(16(21)22)8-7-13(14)15(20)18-12-5-6-12/h1-4,12-14H,5-9H2,(H,18,20)(H,21,22)/t13-,14-/m0/s1. The number of nitrogens with one attached hydrogen (secondary N) is 1. The third-order valence-corrected chi connectivity index (χ3v) is 4.44. The van der Waals surface area contributed by atoms with E-state index in [-0.39, 0.29) is 36.1 Å². The number of rotatable bonds is 3. The Balaban J connectivity index is 1.81. The van der Waals surface area contributed by atoms with Gasteiger partial charge in [0.1, 0.15) is 5.82 Å². The fourth-order valence-electron chi connectivity index (χ4n) is 3.02. The quantitative estimate of drug-likeness (QED) is 0.899. The van der Waals surface area contributed by atoms with E-state index in [0.29, 0.717) is 13.0 Å². The smallest absolute Gasteiger partial charge is 0.407 e. The molecule has 0 radical (unpaired) electrons. The van der Waals surface area contributed by atoms with Gasteiger partial charge in [0.15, 0.2) is 0 Å². The Bertz CT molecular complexity index is 571. The highest BCUT2D eigenvalue weighted by Crippen LogP contribution is 2.34. The normalized spacial score (nSPS) is 24.9. The molecule has 2 amide bonds. The molecule has 2 N–H and O–H groups in total. The van der Waals surface area contributed by atoms with Crippen molar-refractivity contribution in [2.75, 3.05) is 13.1 Å². The highest BCUT2D eigenvalue weighted by Gasteiger charge is 2.38. The fourth-order valence-corrected chi connectivity index (χ4v) is 3.02. The lowest BCUT2D eigenvalue weighted by molar-refractivity contribution is -0.127. The van der Waals surface area contributed by atoms with E-state index >= 15 is 0 Å². The van der Waals surface area contributed by atoms with Crippen molar-refractivity contribution >= 4 is 12.0 Å². The number of hydrogen-bond donors (Lipinski definition) is 2. The van der Waals surface area contributed by atoms with E-state index in [1.807, 2.05) is 0 Å². The van der Waals surface area contributed by atoms with E-state index in [2.05, 4.69) is 5.32 Å². The number of likely N-dealkylation sites (tertiary alicyclic amines) is 1. The minimum absolute atomic E-state index is 0.0122. The van der Waals surface area contributed by atoms with Gasteiger partial charge in [-0.15, -0.1) is 0 Å². The van der Waals surface area contributed by atoms with Crippen LogP contribution < -0.4 is 5.32 Å². The van der Waals surface area contributed by atoms with Gasteiger partial charge >= 0.3 is 6.09 Å². The Kier molecular flexibility index (Phi) is 4.00. The van der Waals surface area contributed by atoms with Crippen LogP contribution in [0.3, 0.4) is 0 Å². The zero-order valence-corrected chi connectivity index (χ0v) is 12.2. The molecule has 1 aliphatic heterocycles.